The van der Waals surface area contributed by atoms with Crippen LogP contribution in [0.1, 0.15) is 16.2 Å². The van der Waals surface area contributed by atoms with Gasteiger partial charge in [0.05, 0.1) is 11.3 Å². The van der Waals surface area contributed by atoms with E-state index in [2.05, 4.69) is 27.2 Å². The van der Waals surface area contributed by atoms with E-state index in [1.807, 2.05) is 0 Å². The molecule has 0 aliphatic rings. The highest BCUT2D eigenvalue weighted by Gasteiger charge is 2.10. The number of carboxylic acids is 1. The molecule has 0 atom stereocenters. The van der Waals surface area contributed by atoms with E-state index in [-0.39, 0.29) is 5.56 Å². The van der Waals surface area contributed by atoms with E-state index in [4.69, 9.17) is 0 Å². The molecule has 0 unspecified atom stereocenters. The molecule has 0 aliphatic carbocycles. The molecule has 108 valence electrons. The molecule has 0 amide bonds. The zero-order valence-electron chi connectivity index (χ0n) is 11.6. The fourth-order valence-corrected chi connectivity index (χ4v) is 1.82. The van der Waals surface area contributed by atoms with Crippen LogP contribution in [-0.2, 0) is 0 Å². The largest absolute Gasteiger partial charge is 0.478 e. The quantitative estimate of drug-likeness (QED) is 0.707. The SMILES string of the molecule is C=CCNc1cc(Nc2ccccc2C(=O)O)nc(C)n1. The number of anilines is 3. The molecule has 0 bridgehead atoms. The van der Waals surface area contributed by atoms with Gasteiger partial charge in [-0.3, -0.25) is 0 Å². The maximum atomic E-state index is 11.2. The molecule has 2 rings (SSSR count). The van der Waals surface area contributed by atoms with Crippen molar-refractivity contribution in [1.29, 1.82) is 0 Å². The highest BCUT2D eigenvalue weighted by molar-refractivity contribution is 5.95. The maximum Gasteiger partial charge on any atom is 0.337 e. The van der Waals surface area contributed by atoms with Gasteiger partial charge < -0.3 is 15.7 Å². The summed E-state index contributed by atoms with van der Waals surface area (Å²) in [6, 6.07) is 8.39. The van der Waals surface area contributed by atoms with Gasteiger partial charge >= 0.3 is 5.97 Å². The van der Waals surface area contributed by atoms with Gasteiger partial charge in [-0.25, -0.2) is 14.8 Å². The van der Waals surface area contributed by atoms with E-state index < -0.39 is 5.97 Å². The van der Waals surface area contributed by atoms with E-state index in [1.165, 1.54) is 6.07 Å². The van der Waals surface area contributed by atoms with Crippen LogP contribution in [0.25, 0.3) is 0 Å². The average Bonchev–Trinajstić information content (AvgIpc) is 2.45. The second kappa shape index (κ2) is 6.51. The van der Waals surface area contributed by atoms with Crippen LogP contribution in [0.4, 0.5) is 17.3 Å². The Labute approximate surface area is 122 Å². The highest BCUT2D eigenvalue weighted by Crippen LogP contribution is 2.21. The zero-order valence-corrected chi connectivity index (χ0v) is 11.6. The molecule has 2 aromatic rings. The fraction of sp³-hybridized carbons (Fsp3) is 0.133. The predicted molar refractivity (Wildman–Crippen MR) is 82.1 cm³/mol. The summed E-state index contributed by atoms with van der Waals surface area (Å²) >= 11 is 0. The van der Waals surface area contributed by atoms with Gasteiger partial charge in [0.25, 0.3) is 0 Å². The van der Waals surface area contributed by atoms with Crippen molar-refractivity contribution in [2.75, 3.05) is 17.2 Å². The van der Waals surface area contributed by atoms with E-state index in [1.54, 1.807) is 37.3 Å². The molecule has 0 aliphatic heterocycles. The first-order valence-corrected chi connectivity index (χ1v) is 6.40. The van der Waals surface area contributed by atoms with Crippen LogP contribution in [-0.4, -0.2) is 27.6 Å². The lowest BCUT2D eigenvalue weighted by Gasteiger charge is -2.11. The van der Waals surface area contributed by atoms with E-state index in [0.717, 1.165) is 0 Å². The summed E-state index contributed by atoms with van der Waals surface area (Å²) in [4.78, 5) is 19.7. The molecule has 0 fully saturated rings. The molecule has 1 aromatic carbocycles. The van der Waals surface area contributed by atoms with Crippen molar-refractivity contribution in [2.24, 2.45) is 0 Å². The number of rotatable bonds is 6. The van der Waals surface area contributed by atoms with Crippen molar-refractivity contribution in [3.63, 3.8) is 0 Å². The van der Waals surface area contributed by atoms with Gasteiger partial charge in [-0.15, -0.1) is 6.58 Å². The van der Waals surface area contributed by atoms with Gasteiger partial charge in [0, 0.05) is 12.6 Å². The molecule has 6 nitrogen and oxygen atoms in total. The maximum absolute atomic E-state index is 11.2. The normalized spacial score (nSPS) is 9.95. The van der Waals surface area contributed by atoms with Gasteiger partial charge in [-0.05, 0) is 19.1 Å². The van der Waals surface area contributed by atoms with Crippen LogP contribution in [0, 0.1) is 6.92 Å². The Morgan fingerprint density at radius 1 is 1.33 bits per heavy atom. The molecule has 21 heavy (non-hydrogen) atoms. The van der Waals surface area contributed by atoms with Crippen molar-refractivity contribution in [3.05, 3.63) is 54.4 Å². The van der Waals surface area contributed by atoms with Gasteiger partial charge in [-0.1, -0.05) is 18.2 Å². The zero-order chi connectivity index (χ0) is 15.2. The van der Waals surface area contributed by atoms with E-state index in [0.29, 0.717) is 29.7 Å². The van der Waals surface area contributed by atoms with Crippen LogP contribution >= 0.6 is 0 Å². The summed E-state index contributed by atoms with van der Waals surface area (Å²) in [6.45, 7) is 5.99. The topological polar surface area (TPSA) is 87.1 Å². The molecule has 1 aromatic heterocycles. The van der Waals surface area contributed by atoms with Crippen LogP contribution < -0.4 is 10.6 Å². The van der Waals surface area contributed by atoms with E-state index in [9.17, 15) is 9.90 Å². The number of aromatic nitrogens is 2. The Morgan fingerprint density at radius 3 is 2.76 bits per heavy atom. The third kappa shape index (κ3) is 3.79. The number of aryl methyl sites for hydroxylation is 1. The lowest BCUT2D eigenvalue weighted by Crippen LogP contribution is -2.06. The summed E-state index contributed by atoms with van der Waals surface area (Å²) in [5, 5.41) is 15.3. The predicted octanol–water partition coefficient (Wildman–Crippen LogP) is 2.82. The van der Waals surface area contributed by atoms with Crippen LogP contribution in [0.2, 0.25) is 0 Å². The molecule has 6 heteroatoms. The summed E-state index contributed by atoms with van der Waals surface area (Å²) in [5.41, 5.74) is 0.673. The average molecular weight is 284 g/mol. The van der Waals surface area contributed by atoms with Gasteiger partial charge in [0.1, 0.15) is 17.5 Å². The molecule has 3 N–H and O–H groups in total. The molecular weight excluding hydrogens is 268 g/mol. The number of hydrogen-bond acceptors (Lipinski definition) is 5. The van der Waals surface area contributed by atoms with Crippen LogP contribution in [0.15, 0.2) is 43.0 Å². The first kappa shape index (κ1) is 14.5. The Balaban J connectivity index is 2.29. The second-order valence-electron chi connectivity index (χ2n) is 4.33. The highest BCUT2D eigenvalue weighted by atomic mass is 16.4. The monoisotopic (exact) mass is 284 g/mol. The summed E-state index contributed by atoms with van der Waals surface area (Å²) < 4.78 is 0. The number of carbonyl (C=O) groups is 1. The summed E-state index contributed by atoms with van der Waals surface area (Å²) in [5.74, 6) is 0.772. The number of para-hydroxylation sites is 1. The van der Waals surface area contributed by atoms with Crippen molar-refractivity contribution in [3.8, 4) is 0 Å². The minimum absolute atomic E-state index is 0.189. The van der Waals surface area contributed by atoms with Crippen molar-refractivity contribution >= 4 is 23.3 Å². The minimum Gasteiger partial charge on any atom is -0.478 e. The van der Waals surface area contributed by atoms with Crippen molar-refractivity contribution < 1.29 is 9.90 Å². The third-order valence-electron chi connectivity index (χ3n) is 2.69. The number of nitrogens with zero attached hydrogens (tertiary/aromatic N) is 2. The first-order valence-electron chi connectivity index (χ1n) is 6.40. The number of hydrogen-bond donors (Lipinski definition) is 3. The number of carboxylic acid groups (broad SMARTS) is 1. The third-order valence-corrected chi connectivity index (χ3v) is 2.69. The molecule has 1 heterocycles. The van der Waals surface area contributed by atoms with Crippen LogP contribution in [0.5, 0.6) is 0 Å². The Bertz CT molecular complexity index is 670. The van der Waals surface area contributed by atoms with Gasteiger partial charge in [0.15, 0.2) is 0 Å². The fourth-order valence-electron chi connectivity index (χ4n) is 1.82. The van der Waals surface area contributed by atoms with Gasteiger partial charge in [-0.2, -0.15) is 0 Å². The second-order valence-corrected chi connectivity index (χ2v) is 4.33. The number of aromatic carboxylic acids is 1. The minimum atomic E-state index is -0.992. The molecule has 0 spiro atoms. The van der Waals surface area contributed by atoms with Gasteiger partial charge in [0.2, 0.25) is 0 Å². The lowest BCUT2D eigenvalue weighted by molar-refractivity contribution is 0.0698. The summed E-state index contributed by atoms with van der Waals surface area (Å²) in [7, 11) is 0. The summed E-state index contributed by atoms with van der Waals surface area (Å²) in [6.07, 6.45) is 1.73. The van der Waals surface area contributed by atoms with Crippen LogP contribution in [0.3, 0.4) is 0 Å². The Morgan fingerprint density at radius 2 is 2.05 bits per heavy atom. The smallest absolute Gasteiger partial charge is 0.337 e. The molecule has 0 radical (unpaired) electrons. The van der Waals surface area contributed by atoms with Crippen molar-refractivity contribution in [2.45, 2.75) is 6.92 Å². The Hall–Kier alpha value is -2.89. The lowest BCUT2D eigenvalue weighted by atomic mass is 10.2. The number of nitrogens with one attached hydrogen (secondary N) is 2. The molecule has 0 saturated heterocycles. The van der Waals surface area contributed by atoms with Crippen molar-refractivity contribution in [1.82, 2.24) is 9.97 Å². The first-order chi connectivity index (χ1) is 10.1. The Kier molecular flexibility index (Phi) is 4.50. The number of benzene rings is 1. The molecular formula is C15H16N4O2. The molecule has 0 saturated carbocycles. The standard InChI is InChI=1S/C15H16N4O2/c1-3-8-16-13-9-14(18-10(2)17-13)19-12-7-5-4-6-11(12)15(20)21/h3-7,9H,1,8H2,2H3,(H,20,21)(H2,16,17,18,19). The van der Waals surface area contributed by atoms with E-state index >= 15 is 0 Å².